The van der Waals surface area contributed by atoms with Gasteiger partial charge in [0.1, 0.15) is 11.6 Å². The van der Waals surface area contributed by atoms with E-state index >= 15 is 0 Å². The Balaban J connectivity index is 1.68. The molecular weight excluding hydrogens is 302 g/mol. The third-order valence-electron chi connectivity index (χ3n) is 5.35. The number of aryl methyl sites for hydroxylation is 4. The van der Waals surface area contributed by atoms with Gasteiger partial charge >= 0.3 is 0 Å². The normalized spacial score (nSPS) is 23.5. The number of nitrogens with zero attached hydrogens (tertiary/aromatic N) is 4. The van der Waals surface area contributed by atoms with E-state index < -0.39 is 0 Å². The summed E-state index contributed by atoms with van der Waals surface area (Å²) in [6.45, 7) is 4.94. The molecule has 128 valence electrons. The van der Waals surface area contributed by atoms with E-state index in [2.05, 4.69) is 21.8 Å². The van der Waals surface area contributed by atoms with Crippen LogP contribution >= 0.6 is 0 Å². The number of aromatic amines is 1. The van der Waals surface area contributed by atoms with Gasteiger partial charge in [-0.2, -0.15) is 0 Å². The van der Waals surface area contributed by atoms with Crippen molar-refractivity contribution in [1.82, 2.24) is 19.9 Å². The average Bonchev–Trinajstić information content (AvgIpc) is 3.18. The molecule has 2 aromatic heterocycles. The molecule has 2 aromatic rings. The number of aromatic nitrogens is 4. The minimum absolute atomic E-state index is 0.165. The summed E-state index contributed by atoms with van der Waals surface area (Å²) in [4.78, 5) is 20.1. The lowest BCUT2D eigenvalue weighted by atomic mass is 10.0. The number of hydrogen-bond donors (Lipinski definition) is 1. The van der Waals surface area contributed by atoms with Gasteiger partial charge in [-0.1, -0.05) is 0 Å². The van der Waals surface area contributed by atoms with E-state index in [9.17, 15) is 0 Å². The van der Waals surface area contributed by atoms with E-state index in [1.165, 1.54) is 24.2 Å². The molecule has 1 saturated heterocycles. The molecule has 1 fully saturated rings. The topological polar surface area (TPSA) is 66.9 Å². The van der Waals surface area contributed by atoms with E-state index in [1.54, 1.807) is 7.11 Å². The van der Waals surface area contributed by atoms with Crippen molar-refractivity contribution >= 4 is 5.82 Å². The molecule has 0 aromatic carbocycles. The highest BCUT2D eigenvalue weighted by atomic mass is 16.5. The highest BCUT2D eigenvalue weighted by molar-refractivity contribution is 5.43. The van der Waals surface area contributed by atoms with Crippen LogP contribution in [0.5, 0.6) is 0 Å². The summed E-state index contributed by atoms with van der Waals surface area (Å²) in [7, 11) is 1.78. The summed E-state index contributed by atoms with van der Waals surface area (Å²) in [5.74, 6) is 1.95. The lowest BCUT2D eigenvalue weighted by Gasteiger charge is -2.25. The lowest BCUT2D eigenvalue weighted by molar-refractivity contribution is 0.118. The second kappa shape index (κ2) is 6.16. The van der Waals surface area contributed by atoms with Crippen molar-refractivity contribution in [3.8, 4) is 0 Å². The molecule has 0 spiro atoms. The number of rotatable bonds is 3. The highest BCUT2D eigenvalue weighted by Crippen LogP contribution is 2.36. The molecule has 6 heteroatoms. The van der Waals surface area contributed by atoms with Crippen molar-refractivity contribution in [2.45, 2.75) is 58.1 Å². The van der Waals surface area contributed by atoms with Crippen LogP contribution in [0.15, 0.2) is 6.20 Å². The third-order valence-corrected chi connectivity index (χ3v) is 5.35. The largest absolute Gasteiger partial charge is 0.380 e. The van der Waals surface area contributed by atoms with Crippen molar-refractivity contribution in [1.29, 1.82) is 0 Å². The van der Waals surface area contributed by atoms with Crippen molar-refractivity contribution in [2.75, 3.05) is 18.6 Å². The van der Waals surface area contributed by atoms with Gasteiger partial charge in [0.2, 0.25) is 0 Å². The first-order chi connectivity index (χ1) is 11.7. The number of fused-ring (bicyclic) bond motifs is 1. The number of nitrogens with one attached hydrogen (secondary N) is 1. The van der Waals surface area contributed by atoms with Crippen LogP contribution in [0.25, 0.3) is 0 Å². The van der Waals surface area contributed by atoms with Gasteiger partial charge in [0, 0.05) is 25.8 Å². The summed E-state index contributed by atoms with van der Waals surface area (Å²) >= 11 is 0. The summed E-state index contributed by atoms with van der Waals surface area (Å²) < 4.78 is 5.63. The van der Waals surface area contributed by atoms with Crippen molar-refractivity contribution in [2.24, 2.45) is 0 Å². The molecule has 6 nitrogen and oxygen atoms in total. The standard InChI is InChI=1S/C18H25N5O/c1-11-12(2)21-18(20-11)16-8-13(24-3)10-23(16)17-9-19-14-6-4-5-7-15(14)22-17/h9,13,16H,4-8,10H2,1-3H3,(H,20,21)/t13-,16+/m1/s1. The Morgan fingerprint density at radius 2 is 1.96 bits per heavy atom. The van der Waals surface area contributed by atoms with Crippen LogP contribution in [-0.4, -0.2) is 39.7 Å². The van der Waals surface area contributed by atoms with Crippen LogP contribution < -0.4 is 4.90 Å². The van der Waals surface area contributed by atoms with Crippen LogP contribution in [0.4, 0.5) is 5.82 Å². The van der Waals surface area contributed by atoms with E-state index in [0.29, 0.717) is 0 Å². The number of H-pyrrole nitrogens is 1. The van der Waals surface area contributed by atoms with Gasteiger partial charge in [-0.25, -0.2) is 9.97 Å². The molecule has 0 radical (unpaired) electrons. The van der Waals surface area contributed by atoms with Gasteiger partial charge in [-0.15, -0.1) is 0 Å². The van der Waals surface area contributed by atoms with Gasteiger partial charge in [0.15, 0.2) is 0 Å². The molecular formula is C18H25N5O. The Bertz CT molecular complexity index is 722. The smallest absolute Gasteiger partial charge is 0.148 e. The Morgan fingerprint density at radius 3 is 2.67 bits per heavy atom. The van der Waals surface area contributed by atoms with Crippen LogP contribution in [-0.2, 0) is 17.6 Å². The summed E-state index contributed by atoms with van der Waals surface area (Å²) in [6.07, 6.45) is 7.58. The zero-order chi connectivity index (χ0) is 16.7. The molecule has 2 aliphatic rings. The number of anilines is 1. The Morgan fingerprint density at radius 1 is 1.17 bits per heavy atom. The average molecular weight is 327 g/mol. The maximum absolute atomic E-state index is 5.63. The summed E-state index contributed by atoms with van der Waals surface area (Å²) in [5, 5.41) is 0. The predicted molar refractivity (Wildman–Crippen MR) is 92.2 cm³/mol. The van der Waals surface area contributed by atoms with E-state index in [-0.39, 0.29) is 12.1 Å². The monoisotopic (exact) mass is 327 g/mol. The molecule has 1 N–H and O–H groups in total. The first-order valence-corrected chi connectivity index (χ1v) is 8.83. The molecule has 1 aliphatic heterocycles. The highest BCUT2D eigenvalue weighted by Gasteiger charge is 2.36. The SMILES string of the molecule is CO[C@@H]1C[C@@H](c2nc(C)c(C)[nH]2)N(c2cnc3c(n2)CCCC3)C1. The fourth-order valence-electron chi connectivity index (χ4n) is 3.79. The quantitative estimate of drug-likeness (QED) is 0.939. The molecule has 24 heavy (non-hydrogen) atoms. The molecule has 3 heterocycles. The van der Waals surface area contributed by atoms with E-state index in [1.807, 2.05) is 13.1 Å². The van der Waals surface area contributed by atoms with Gasteiger partial charge in [0.25, 0.3) is 0 Å². The number of imidazole rings is 1. The zero-order valence-electron chi connectivity index (χ0n) is 14.7. The van der Waals surface area contributed by atoms with E-state index in [0.717, 1.165) is 48.8 Å². The number of methoxy groups -OCH3 is 1. The molecule has 2 atom stereocenters. The first-order valence-electron chi connectivity index (χ1n) is 8.83. The van der Waals surface area contributed by atoms with Crippen LogP contribution in [0.3, 0.4) is 0 Å². The molecule has 0 saturated carbocycles. The van der Waals surface area contributed by atoms with Gasteiger partial charge in [-0.3, -0.25) is 4.98 Å². The van der Waals surface area contributed by atoms with Crippen LogP contribution in [0.1, 0.15) is 53.9 Å². The van der Waals surface area contributed by atoms with Crippen molar-refractivity contribution < 1.29 is 4.74 Å². The maximum atomic E-state index is 5.63. The van der Waals surface area contributed by atoms with Gasteiger partial charge in [0.05, 0.1) is 35.4 Å². The number of hydrogen-bond acceptors (Lipinski definition) is 5. The third kappa shape index (κ3) is 2.69. The van der Waals surface area contributed by atoms with Gasteiger partial charge < -0.3 is 14.6 Å². The second-order valence-electron chi connectivity index (χ2n) is 6.92. The predicted octanol–water partition coefficient (Wildman–Crippen LogP) is 2.66. The Labute approximate surface area is 142 Å². The van der Waals surface area contributed by atoms with Crippen molar-refractivity contribution in [3.63, 3.8) is 0 Å². The lowest BCUT2D eigenvalue weighted by Crippen LogP contribution is -2.27. The molecule has 0 unspecified atom stereocenters. The Hall–Kier alpha value is -1.95. The van der Waals surface area contributed by atoms with Crippen molar-refractivity contribution in [3.05, 3.63) is 34.8 Å². The second-order valence-corrected chi connectivity index (χ2v) is 6.92. The van der Waals surface area contributed by atoms with Crippen LogP contribution in [0, 0.1) is 13.8 Å². The maximum Gasteiger partial charge on any atom is 0.148 e. The first kappa shape index (κ1) is 15.6. The summed E-state index contributed by atoms with van der Waals surface area (Å²) in [5.41, 5.74) is 4.53. The number of ether oxygens (including phenoxy) is 1. The summed E-state index contributed by atoms with van der Waals surface area (Å²) in [6, 6.07) is 0.165. The van der Waals surface area contributed by atoms with Gasteiger partial charge in [-0.05, 0) is 39.5 Å². The van der Waals surface area contributed by atoms with Crippen LogP contribution in [0.2, 0.25) is 0 Å². The fourth-order valence-corrected chi connectivity index (χ4v) is 3.79. The molecule has 0 amide bonds. The minimum Gasteiger partial charge on any atom is -0.380 e. The molecule has 1 aliphatic carbocycles. The Kier molecular flexibility index (Phi) is 4.00. The zero-order valence-corrected chi connectivity index (χ0v) is 14.7. The molecule has 4 rings (SSSR count). The van der Waals surface area contributed by atoms with E-state index in [4.69, 9.17) is 14.7 Å². The fraction of sp³-hybridized carbons (Fsp3) is 0.611. The minimum atomic E-state index is 0.165. The molecule has 0 bridgehead atoms.